The van der Waals surface area contributed by atoms with E-state index in [4.69, 9.17) is 0 Å². The highest BCUT2D eigenvalue weighted by Gasteiger charge is 2.10. The molecule has 2 aromatic heterocycles. The second kappa shape index (κ2) is 4.84. The Balaban J connectivity index is 2.16. The summed E-state index contributed by atoms with van der Waals surface area (Å²) in [6, 6.07) is 0. The van der Waals surface area contributed by atoms with Crippen LogP contribution in [0.25, 0.3) is 0 Å². The highest BCUT2D eigenvalue weighted by atomic mass is 15.3. The molecule has 0 spiro atoms. The Labute approximate surface area is 108 Å². The van der Waals surface area contributed by atoms with Crippen molar-refractivity contribution in [2.45, 2.75) is 33.7 Å². The molecule has 0 amide bonds. The average Bonchev–Trinajstić information content (AvgIpc) is 2.79. The van der Waals surface area contributed by atoms with Crippen molar-refractivity contribution in [1.82, 2.24) is 19.6 Å². The Bertz CT molecular complexity index is 550. The molecule has 18 heavy (non-hydrogen) atoms. The predicted molar refractivity (Wildman–Crippen MR) is 72.6 cm³/mol. The smallest absolute Gasteiger partial charge is 0.0827 e. The van der Waals surface area contributed by atoms with Gasteiger partial charge in [0.05, 0.1) is 22.8 Å². The lowest BCUT2D eigenvalue weighted by atomic mass is 10.2. The van der Waals surface area contributed by atoms with E-state index in [-0.39, 0.29) is 0 Å². The van der Waals surface area contributed by atoms with Crippen molar-refractivity contribution in [2.24, 2.45) is 14.1 Å². The molecule has 1 N–H and O–H groups in total. The van der Waals surface area contributed by atoms with Crippen LogP contribution < -0.4 is 5.32 Å². The van der Waals surface area contributed by atoms with E-state index in [2.05, 4.69) is 35.6 Å². The van der Waals surface area contributed by atoms with Crippen LogP contribution in [0, 0.1) is 13.8 Å². The van der Waals surface area contributed by atoms with Gasteiger partial charge in [-0.1, -0.05) is 6.92 Å². The molecule has 2 aromatic rings. The number of nitrogens with one attached hydrogen (secondary N) is 1. The summed E-state index contributed by atoms with van der Waals surface area (Å²) < 4.78 is 3.78. The first kappa shape index (κ1) is 12.7. The van der Waals surface area contributed by atoms with Crippen molar-refractivity contribution in [2.75, 3.05) is 5.32 Å². The van der Waals surface area contributed by atoms with Gasteiger partial charge in [0.1, 0.15) is 0 Å². The lowest BCUT2D eigenvalue weighted by molar-refractivity contribution is 0.731. The van der Waals surface area contributed by atoms with Gasteiger partial charge in [0.15, 0.2) is 0 Å². The predicted octanol–water partition coefficient (Wildman–Crippen LogP) is 1.94. The maximum absolute atomic E-state index is 4.45. The second-order valence-corrected chi connectivity index (χ2v) is 4.65. The summed E-state index contributed by atoms with van der Waals surface area (Å²) in [6.07, 6.45) is 3.04. The van der Waals surface area contributed by atoms with Crippen LogP contribution in [0.1, 0.15) is 29.6 Å². The zero-order valence-corrected chi connectivity index (χ0v) is 11.8. The molecule has 0 atom stereocenters. The van der Waals surface area contributed by atoms with Crippen LogP contribution in [0.3, 0.4) is 0 Å². The Morgan fingerprint density at radius 3 is 2.50 bits per heavy atom. The largest absolute Gasteiger partial charge is 0.378 e. The minimum absolute atomic E-state index is 0.796. The van der Waals surface area contributed by atoms with Gasteiger partial charge < -0.3 is 5.32 Å². The molecule has 0 radical (unpaired) electrons. The fraction of sp³-hybridized carbons (Fsp3) is 0.538. The molecule has 0 saturated heterocycles. The fourth-order valence-electron chi connectivity index (χ4n) is 2.24. The number of rotatable bonds is 4. The van der Waals surface area contributed by atoms with Crippen molar-refractivity contribution in [3.05, 3.63) is 28.8 Å². The van der Waals surface area contributed by atoms with Crippen LogP contribution in [0.5, 0.6) is 0 Å². The standard InChI is InChI=1S/C13H21N5/c1-6-12-11(8-17(4)16-12)7-14-13-9(2)15-18(5)10(13)3/h8,14H,6-7H2,1-5H3. The van der Waals surface area contributed by atoms with Gasteiger partial charge in [-0.2, -0.15) is 10.2 Å². The van der Waals surface area contributed by atoms with E-state index in [9.17, 15) is 0 Å². The molecule has 0 unspecified atom stereocenters. The lowest BCUT2D eigenvalue weighted by Gasteiger charge is -2.06. The minimum atomic E-state index is 0.796. The number of hydrogen-bond donors (Lipinski definition) is 1. The topological polar surface area (TPSA) is 47.7 Å². The molecule has 0 saturated carbocycles. The monoisotopic (exact) mass is 247 g/mol. The summed E-state index contributed by atoms with van der Waals surface area (Å²) in [5.41, 5.74) is 5.74. The molecule has 0 aliphatic heterocycles. The van der Waals surface area contributed by atoms with Gasteiger partial charge in [-0.25, -0.2) is 0 Å². The molecule has 0 fully saturated rings. The van der Waals surface area contributed by atoms with Crippen LogP contribution in [-0.4, -0.2) is 19.6 Å². The Morgan fingerprint density at radius 1 is 1.22 bits per heavy atom. The Kier molecular flexibility index (Phi) is 3.41. The maximum atomic E-state index is 4.45. The van der Waals surface area contributed by atoms with Gasteiger partial charge in [0.2, 0.25) is 0 Å². The molecule has 2 rings (SSSR count). The average molecular weight is 247 g/mol. The molecular weight excluding hydrogens is 226 g/mol. The molecule has 0 aliphatic carbocycles. The van der Waals surface area contributed by atoms with Gasteiger partial charge in [-0.15, -0.1) is 0 Å². The van der Waals surface area contributed by atoms with E-state index < -0.39 is 0 Å². The van der Waals surface area contributed by atoms with E-state index in [1.165, 1.54) is 5.56 Å². The van der Waals surface area contributed by atoms with Crippen molar-refractivity contribution < 1.29 is 0 Å². The normalized spacial score (nSPS) is 10.9. The third-order valence-electron chi connectivity index (χ3n) is 3.29. The second-order valence-electron chi connectivity index (χ2n) is 4.65. The zero-order chi connectivity index (χ0) is 13.3. The molecule has 0 aromatic carbocycles. The summed E-state index contributed by atoms with van der Waals surface area (Å²) in [5, 5.41) is 12.3. The highest BCUT2D eigenvalue weighted by molar-refractivity contribution is 5.52. The summed E-state index contributed by atoms with van der Waals surface area (Å²) in [6.45, 7) is 7.03. The van der Waals surface area contributed by atoms with E-state index >= 15 is 0 Å². The molecule has 0 aliphatic rings. The van der Waals surface area contributed by atoms with Crippen LogP contribution >= 0.6 is 0 Å². The van der Waals surface area contributed by atoms with Crippen LogP contribution in [0.15, 0.2) is 6.20 Å². The van der Waals surface area contributed by atoms with Crippen LogP contribution in [0.4, 0.5) is 5.69 Å². The van der Waals surface area contributed by atoms with Crippen molar-refractivity contribution in [3.63, 3.8) is 0 Å². The molecular formula is C13H21N5. The SMILES string of the molecule is CCc1nn(C)cc1CNc1c(C)nn(C)c1C. The molecule has 2 heterocycles. The van der Waals surface area contributed by atoms with Crippen LogP contribution in [0.2, 0.25) is 0 Å². The fourth-order valence-corrected chi connectivity index (χ4v) is 2.24. The van der Waals surface area contributed by atoms with E-state index in [1.807, 2.05) is 30.4 Å². The molecule has 0 bridgehead atoms. The third-order valence-corrected chi connectivity index (χ3v) is 3.29. The Hall–Kier alpha value is -1.78. The van der Waals surface area contributed by atoms with Gasteiger partial charge in [0, 0.05) is 32.4 Å². The van der Waals surface area contributed by atoms with Gasteiger partial charge in [-0.05, 0) is 20.3 Å². The number of hydrogen-bond acceptors (Lipinski definition) is 3. The van der Waals surface area contributed by atoms with Gasteiger partial charge >= 0.3 is 0 Å². The first-order valence-corrected chi connectivity index (χ1v) is 6.28. The van der Waals surface area contributed by atoms with Crippen molar-refractivity contribution >= 4 is 5.69 Å². The summed E-state index contributed by atoms with van der Waals surface area (Å²) in [4.78, 5) is 0. The quantitative estimate of drug-likeness (QED) is 0.898. The van der Waals surface area contributed by atoms with E-state index in [0.717, 1.165) is 35.7 Å². The van der Waals surface area contributed by atoms with E-state index in [1.54, 1.807) is 0 Å². The number of aromatic nitrogens is 4. The van der Waals surface area contributed by atoms with Gasteiger partial charge in [0.25, 0.3) is 0 Å². The maximum Gasteiger partial charge on any atom is 0.0827 e. The molecule has 98 valence electrons. The summed E-state index contributed by atoms with van der Waals surface area (Å²) >= 11 is 0. The van der Waals surface area contributed by atoms with Gasteiger partial charge in [-0.3, -0.25) is 9.36 Å². The molecule has 5 nitrogen and oxygen atoms in total. The highest BCUT2D eigenvalue weighted by Crippen LogP contribution is 2.19. The summed E-state index contributed by atoms with van der Waals surface area (Å²) in [7, 11) is 3.93. The van der Waals surface area contributed by atoms with Crippen molar-refractivity contribution in [1.29, 1.82) is 0 Å². The third kappa shape index (κ3) is 2.25. The van der Waals surface area contributed by atoms with Crippen molar-refractivity contribution in [3.8, 4) is 0 Å². The minimum Gasteiger partial charge on any atom is -0.378 e. The van der Waals surface area contributed by atoms with Crippen LogP contribution in [-0.2, 0) is 27.1 Å². The first-order valence-electron chi connectivity index (χ1n) is 6.28. The number of nitrogens with zero attached hydrogens (tertiary/aromatic N) is 4. The zero-order valence-electron chi connectivity index (χ0n) is 11.8. The number of aryl methyl sites for hydroxylation is 4. The Morgan fingerprint density at radius 2 is 1.94 bits per heavy atom. The first-order chi connectivity index (χ1) is 8.52. The lowest BCUT2D eigenvalue weighted by Crippen LogP contribution is -2.03. The summed E-state index contributed by atoms with van der Waals surface area (Å²) in [5.74, 6) is 0. The number of anilines is 1. The molecule has 5 heteroatoms. The van der Waals surface area contributed by atoms with E-state index in [0.29, 0.717) is 0 Å².